The van der Waals surface area contributed by atoms with Crippen LogP contribution in [-0.4, -0.2) is 4.98 Å². The summed E-state index contributed by atoms with van der Waals surface area (Å²) in [5, 5.41) is 5.12. The Labute approximate surface area is 104 Å². The first-order chi connectivity index (χ1) is 7.66. The number of thiazole rings is 1. The average molecular weight is 253 g/mol. The minimum absolute atomic E-state index is 0.725. The Morgan fingerprint density at radius 1 is 1.31 bits per heavy atom. The molecule has 1 heterocycles. The van der Waals surface area contributed by atoms with E-state index in [1.165, 1.54) is 4.88 Å². The monoisotopic (exact) mass is 252 g/mol. The van der Waals surface area contributed by atoms with Gasteiger partial charge in [-0.15, -0.1) is 11.3 Å². The molecule has 0 spiro atoms. The van der Waals surface area contributed by atoms with E-state index in [4.69, 9.17) is 11.6 Å². The van der Waals surface area contributed by atoms with Gasteiger partial charge in [0.05, 0.1) is 22.9 Å². The van der Waals surface area contributed by atoms with Crippen LogP contribution in [0.2, 0.25) is 5.02 Å². The first kappa shape index (κ1) is 11.4. The smallest absolute Gasteiger partial charge is 0.112 e. The molecule has 2 rings (SSSR count). The van der Waals surface area contributed by atoms with Gasteiger partial charge in [-0.25, -0.2) is 4.98 Å². The Kier molecular flexibility index (Phi) is 3.46. The number of para-hydroxylation sites is 1. The SMILES string of the molecule is Cc1nc(CNc2ccccc2Cl)sc1C. The second kappa shape index (κ2) is 4.85. The fraction of sp³-hybridized carbons (Fsp3) is 0.250. The van der Waals surface area contributed by atoms with Gasteiger partial charge in [-0.2, -0.15) is 0 Å². The molecule has 0 amide bonds. The summed E-state index contributed by atoms with van der Waals surface area (Å²) >= 11 is 7.77. The summed E-state index contributed by atoms with van der Waals surface area (Å²) < 4.78 is 0. The van der Waals surface area contributed by atoms with Crippen molar-refractivity contribution < 1.29 is 0 Å². The van der Waals surface area contributed by atoms with Crippen LogP contribution in [-0.2, 0) is 6.54 Å². The minimum Gasteiger partial charge on any atom is -0.377 e. The van der Waals surface area contributed by atoms with Crippen LogP contribution in [0.25, 0.3) is 0 Å². The summed E-state index contributed by atoms with van der Waals surface area (Å²) in [5.74, 6) is 0. The van der Waals surface area contributed by atoms with Crippen LogP contribution >= 0.6 is 22.9 Å². The zero-order valence-electron chi connectivity index (χ0n) is 9.25. The second-order valence-corrected chi connectivity index (χ2v) is 5.28. The van der Waals surface area contributed by atoms with Gasteiger partial charge in [-0.3, -0.25) is 0 Å². The highest BCUT2D eigenvalue weighted by molar-refractivity contribution is 7.11. The normalized spacial score (nSPS) is 10.4. The third-order valence-electron chi connectivity index (χ3n) is 2.38. The maximum Gasteiger partial charge on any atom is 0.112 e. The second-order valence-electron chi connectivity index (χ2n) is 3.58. The molecule has 4 heteroatoms. The van der Waals surface area contributed by atoms with Gasteiger partial charge in [0.2, 0.25) is 0 Å². The number of rotatable bonds is 3. The van der Waals surface area contributed by atoms with E-state index in [2.05, 4.69) is 17.2 Å². The van der Waals surface area contributed by atoms with E-state index >= 15 is 0 Å². The Morgan fingerprint density at radius 2 is 2.06 bits per heavy atom. The zero-order chi connectivity index (χ0) is 11.5. The first-order valence-electron chi connectivity index (χ1n) is 5.08. The first-order valence-corrected chi connectivity index (χ1v) is 6.27. The Morgan fingerprint density at radius 3 is 2.69 bits per heavy atom. The van der Waals surface area contributed by atoms with Crippen molar-refractivity contribution in [2.24, 2.45) is 0 Å². The van der Waals surface area contributed by atoms with E-state index in [1.54, 1.807) is 11.3 Å². The Balaban J connectivity index is 2.05. The number of nitrogens with zero attached hydrogens (tertiary/aromatic N) is 1. The number of aryl methyl sites for hydroxylation is 2. The van der Waals surface area contributed by atoms with Crippen molar-refractivity contribution in [2.45, 2.75) is 20.4 Å². The minimum atomic E-state index is 0.725. The van der Waals surface area contributed by atoms with Crippen molar-refractivity contribution in [3.05, 3.63) is 44.9 Å². The molecule has 0 saturated heterocycles. The molecule has 1 aromatic heterocycles. The van der Waals surface area contributed by atoms with Crippen LogP contribution < -0.4 is 5.32 Å². The van der Waals surface area contributed by atoms with Gasteiger partial charge in [0.15, 0.2) is 0 Å². The third kappa shape index (κ3) is 2.54. The van der Waals surface area contributed by atoms with Gasteiger partial charge < -0.3 is 5.32 Å². The quantitative estimate of drug-likeness (QED) is 0.892. The van der Waals surface area contributed by atoms with Crippen LogP contribution in [0.3, 0.4) is 0 Å². The van der Waals surface area contributed by atoms with E-state index in [9.17, 15) is 0 Å². The van der Waals surface area contributed by atoms with Gasteiger partial charge in [-0.05, 0) is 26.0 Å². The van der Waals surface area contributed by atoms with Crippen LogP contribution in [0.15, 0.2) is 24.3 Å². The van der Waals surface area contributed by atoms with E-state index in [0.717, 1.165) is 28.0 Å². The molecule has 0 saturated carbocycles. The summed E-state index contributed by atoms with van der Waals surface area (Å²) in [5.41, 5.74) is 2.07. The summed E-state index contributed by atoms with van der Waals surface area (Å²) in [6, 6.07) is 7.73. The van der Waals surface area contributed by atoms with Crippen molar-refractivity contribution in [1.29, 1.82) is 0 Å². The molecule has 0 radical (unpaired) electrons. The number of halogens is 1. The summed E-state index contributed by atoms with van der Waals surface area (Å²) in [6.07, 6.45) is 0. The van der Waals surface area contributed by atoms with E-state index in [0.29, 0.717) is 0 Å². The van der Waals surface area contributed by atoms with Gasteiger partial charge in [0.25, 0.3) is 0 Å². The number of aromatic nitrogens is 1. The lowest BCUT2D eigenvalue weighted by atomic mass is 10.3. The highest BCUT2D eigenvalue weighted by atomic mass is 35.5. The lowest BCUT2D eigenvalue weighted by Gasteiger charge is -2.05. The van der Waals surface area contributed by atoms with Crippen LogP contribution in [0.1, 0.15) is 15.6 Å². The maximum atomic E-state index is 6.05. The lowest BCUT2D eigenvalue weighted by molar-refractivity contribution is 1.07. The van der Waals surface area contributed by atoms with Crippen LogP contribution in [0, 0.1) is 13.8 Å². The maximum absolute atomic E-state index is 6.05. The number of anilines is 1. The standard InChI is InChI=1S/C12H13ClN2S/c1-8-9(2)16-12(15-8)7-14-11-6-4-3-5-10(11)13/h3-6,14H,7H2,1-2H3. The highest BCUT2D eigenvalue weighted by Crippen LogP contribution is 2.22. The van der Waals surface area contributed by atoms with Crippen molar-refractivity contribution in [3.8, 4) is 0 Å². The molecule has 84 valence electrons. The molecule has 1 aromatic carbocycles. The molecule has 0 aliphatic carbocycles. The molecule has 1 N–H and O–H groups in total. The van der Waals surface area contributed by atoms with Crippen molar-refractivity contribution >= 4 is 28.6 Å². The molecule has 0 atom stereocenters. The largest absolute Gasteiger partial charge is 0.377 e. The lowest BCUT2D eigenvalue weighted by Crippen LogP contribution is -1.99. The highest BCUT2D eigenvalue weighted by Gasteiger charge is 2.04. The molecular formula is C12H13ClN2S. The average Bonchev–Trinajstić information content (AvgIpc) is 2.57. The molecule has 0 unspecified atom stereocenters. The number of hydrogen-bond donors (Lipinski definition) is 1. The van der Waals surface area contributed by atoms with E-state index < -0.39 is 0 Å². The van der Waals surface area contributed by atoms with Gasteiger partial charge >= 0.3 is 0 Å². The third-order valence-corrected chi connectivity index (χ3v) is 3.78. The van der Waals surface area contributed by atoms with Crippen LogP contribution in [0.4, 0.5) is 5.69 Å². The molecular weight excluding hydrogens is 240 g/mol. The molecule has 0 bridgehead atoms. The van der Waals surface area contributed by atoms with Gasteiger partial charge in [0, 0.05) is 4.88 Å². The van der Waals surface area contributed by atoms with Gasteiger partial charge in [-0.1, -0.05) is 23.7 Å². The van der Waals surface area contributed by atoms with Crippen molar-refractivity contribution in [2.75, 3.05) is 5.32 Å². The topological polar surface area (TPSA) is 24.9 Å². The number of benzene rings is 1. The van der Waals surface area contributed by atoms with Gasteiger partial charge in [0.1, 0.15) is 5.01 Å². The number of hydrogen-bond acceptors (Lipinski definition) is 3. The molecule has 0 aliphatic heterocycles. The summed E-state index contributed by atoms with van der Waals surface area (Å²) in [6.45, 7) is 4.85. The van der Waals surface area contributed by atoms with Crippen molar-refractivity contribution in [3.63, 3.8) is 0 Å². The summed E-state index contributed by atoms with van der Waals surface area (Å²) in [4.78, 5) is 5.74. The Bertz CT molecular complexity index is 474. The molecule has 2 aromatic rings. The zero-order valence-corrected chi connectivity index (χ0v) is 10.8. The van der Waals surface area contributed by atoms with Crippen molar-refractivity contribution in [1.82, 2.24) is 4.98 Å². The molecule has 0 aliphatic rings. The number of nitrogens with one attached hydrogen (secondary N) is 1. The molecule has 16 heavy (non-hydrogen) atoms. The van der Waals surface area contributed by atoms with Crippen LogP contribution in [0.5, 0.6) is 0 Å². The van der Waals surface area contributed by atoms with E-state index in [-0.39, 0.29) is 0 Å². The summed E-state index contributed by atoms with van der Waals surface area (Å²) in [7, 11) is 0. The fourth-order valence-corrected chi connectivity index (χ4v) is 2.47. The fourth-order valence-electron chi connectivity index (χ4n) is 1.39. The predicted molar refractivity (Wildman–Crippen MR) is 70.4 cm³/mol. The molecule has 2 nitrogen and oxygen atoms in total. The molecule has 0 fully saturated rings. The predicted octanol–water partition coefficient (Wildman–Crippen LogP) is 4.03. The van der Waals surface area contributed by atoms with E-state index in [1.807, 2.05) is 31.2 Å². The Hall–Kier alpha value is -1.06.